The van der Waals surface area contributed by atoms with E-state index in [1.807, 2.05) is 30.3 Å². The van der Waals surface area contributed by atoms with Gasteiger partial charge in [0.25, 0.3) is 0 Å². The molecule has 0 radical (unpaired) electrons. The van der Waals surface area contributed by atoms with Crippen molar-refractivity contribution in [2.24, 2.45) is 0 Å². The molecule has 0 aliphatic carbocycles. The Kier molecular flexibility index (Phi) is 3.62. The molecule has 0 unspecified atom stereocenters. The van der Waals surface area contributed by atoms with Crippen LogP contribution >= 0.6 is 0 Å². The largest absolute Gasteiger partial charge is 0.460 e. The Morgan fingerprint density at radius 1 is 1.44 bits per heavy atom. The average molecular weight is 245 g/mol. The van der Waals surface area contributed by atoms with E-state index in [0.29, 0.717) is 11.4 Å². The maximum Gasteiger partial charge on any atom is 0.313 e. The van der Waals surface area contributed by atoms with Crippen LogP contribution < -0.4 is 5.73 Å². The first-order chi connectivity index (χ1) is 8.68. The van der Waals surface area contributed by atoms with Crippen LogP contribution in [0.2, 0.25) is 0 Å². The van der Waals surface area contributed by atoms with Gasteiger partial charge in [0.05, 0.1) is 12.1 Å². The molecule has 5 nitrogen and oxygen atoms in total. The Labute approximate surface area is 105 Å². The van der Waals surface area contributed by atoms with Gasteiger partial charge in [-0.1, -0.05) is 30.3 Å². The molecule has 5 heteroatoms. The van der Waals surface area contributed by atoms with Crippen LogP contribution in [-0.4, -0.2) is 16.2 Å². The minimum absolute atomic E-state index is 0.266. The number of benzene rings is 1. The monoisotopic (exact) mass is 245 g/mol. The lowest BCUT2D eigenvalue weighted by Crippen LogP contribution is -2.13. The summed E-state index contributed by atoms with van der Waals surface area (Å²) in [6, 6.07) is 9.54. The van der Waals surface area contributed by atoms with E-state index in [9.17, 15) is 4.79 Å². The first-order valence-corrected chi connectivity index (χ1v) is 5.68. The summed E-state index contributed by atoms with van der Waals surface area (Å²) in [6.45, 7) is 2.01. The van der Waals surface area contributed by atoms with Crippen LogP contribution in [0.15, 0.2) is 36.5 Å². The molecule has 2 rings (SSSR count). The van der Waals surface area contributed by atoms with E-state index in [1.54, 1.807) is 13.1 Å². The number of hydrogen-bond acceptors (Lipinski definition) is 4. The second kappa shape index (κ2) is 5.35. The molecular weight excluding hydrogens is 230 g/mol. The van der Waals surface area contributed by atoms with Gasteiger partial charge < -0.3 is 10.5 Å². The molecule has 1 aromatic heterocycles. The number of ether oxygens (including phenoxy) is 1. The number of nitrogens with one attached hydrogen (secondary N) is 1. The summed E-state index contributed by atoms with van der Waals surface area (Å²) in [5, 5.41) is 6.38. The van der Waals surface area contributed by atoms with Gasteiger partial charge in [0.15, 0.2) is 0 Å². The van der Waals surface area contributed by atoms with Crippen LogP contribution in [0.25, 0.3) is 0 Å². The van der Waals surface area contributed by atoms with Crippen LogP contribution in [0.5, 0.6) is 0 Å². The molecule has 18 heavy (non-hydrogen) atoms. The highest BCUT2D eigenvalue weighted by Crippen LogP contribution is 2.21. The zero-order valence-corrected chi connectivity index (χ0v) is 10.1. The number of carbonyl (C=O) groups excluding carboxylic acids is 1. The van der Waals surface area contributed by atoms with Crippen molar-refractivity contribution in [1.29, 1.82) is 0 Å². The SMILES string of the molecule is C[C@@H](C(=O)OCc1ccccc1)c1cn[nH]c1N. The third-order valence-corrected chi connectivity index (χ3v) is 2.74. The molecule has 1 aromatic carbocycles. The van der Waals surface area contributed by atoms with Crippen molar-refractivity contribution in [3.8, 4) is 0 Å². The molecule has 0 spiro atoms. The van der Waals surface area contributed by atoms with Gasteiger partial charge in [0.2, 0.25) is 0 Å². The number of esters is 1. The van der Waals surface area contributed by atoms with E-state index in [1.165, 1.54) is 0 Å². The number of nitrogens with two attached hydrogens (primary N) is 1. The molecular formula is C13H15N3O2. The van der Waals surface area contributed by atoms with Gasteiger partial charge in [-0.05, 0) is 12.5 Å². The second-order valence-corrected chi connectivity index (χ2v) is 4.05. The van der Waals surface area contributed by atoms with Crippen molar-refractivity contribution >= 4 is 11.8 Å². The first-order valence-electron chi connectivity index (χ1n) is 5.68. The minimum Gasteiger partial charge on any atom is -0.460 e. The quantitative estimate of drug-likeness (QED) is 0.805. The minimum atomic E-state index is -0.424. The third kappa shape index (κ3) is 2.68. The lowest BCUT2D eigenvalue weighted by molar-refractivity contribution is -0.146. The lowest BCUT2D eigenvalue weighted by atomic mass is 10.1. The van der Waals surface area contributed by atoms with Crippen molar-refractivity contribution < 1.29 is 9.53 Å². The van der Waals surface area contributed by atoms with Crippen LogP contribution in [-0.2, 0) is 16.1 Å². The number of nitrogen functional groups attached to an aromatic ring is 1. The summed E-state index contributed by atoms with van der Waals surface area (Å²) < 4.78 is 5.23. The smallest absolute Gasteiger partial charge is 0.313 e. The Balaban J connectivity index is 1.95. The van der Waals surface area contributed by atoms with E-state index in [0.717, 1.165) is 5.56 Å². The van der Waals surface area contributed by atoms with Crippen molar-refractivity contribution in [2.75, 3.05) is 5.73 Å². The van der Waals surface area contributed by atoms with E-state index >= 15 is 0 Å². The van der Waals surface area contributed by atoms with Gasteiger partial charge >= 0.3 is 5.97 Å². The van der Waals surface area contributed by atoms with Gasteiger partial charge in [-0.3, -0.25) is 9.89 Å². The fraction of sp³-hybridized carbons (Fsp3) is 0.231. The van der Waals surface area contributed by atoms with Crippen LogP contribution in [0.1, 0.15) is 24.0 Å². The van der Waals surface area contributed by atoms with Gasteiger partial charge in [0.1, 0.15) is 12.4 Å². The number of nitrogens with zero attached hydrogens (tertiary/aromatic N) is 1. The van der Waals surface area contributed by atoms with Crippen molar-refractivity contribution in [3.05, 3.63) is 47.7 Å². The van der Waals surface area contributed by atoms with E-state index in [2.05, 4.69) is 10.2 Å². The summed E-state index contributed by atoms with van der Waals surface area (Å²) >= 11 is 0. The number of hydrogen-bond donors (Lipinski definition) is 2. The summed E-state index contributed by atoms with van der Waals surface area (Å²) in [4.78, 5) is 11.8. The Bertz CT molecular complexity index is 522. The average Bonchev–Trinajstić information content (AvgIpc) is 2.82. The summed E-state index contributed by atoms with van der Waals surface area (Å²) in [5.41, 5.74) is 7.28. The number of H-pyrrole nitrogens is 1. The molecule has 1 atom stereocenters. The number of anilines is 1. The van der Waals surface area contributed by atoms with E-state index < -0.39 is 5.92 Å². The van der Waals surface area contributed by atoms with Crippen LogP contribution in [0.4, 0.5) is 5.82 Å². The topological polar surface area (TPSA) is 81.0 Å². The fourth-order valence-electron chi connectivity index (χ4n) is 1.63. The predicted molar refractivity (Wildman–Crippen MR) is 67.7 cm³/mol. The molecule has 0 bridgehead atoms. The second-order valence-electron chi connectivity index (χ2n) is 4.05. The van der Waals surface area contributed by atoms with E-state index in [4.69, 9.17) is 10.5 Å². The number of rotatable bonds is 4. The molecule has 94 valence electrons. The third-order valence-electron chi connectivity index (χ3n) is 2.74. The maximum atomic E-state index is 11.8. The molecule has 0 aliphatic heterocycles. The Morgan fingerprint density at radius 2 is 2.17 bits per heavy atom. The zero-order valence-electron chi connectivity index (χ0n) is 10.1. The molecule has 3 N–H and O–H groups in total. The van der Waals surface area contributed by atoms with E-state index in [-0.39, 0.29) is 12.6 Å². The highest BCUT2D eigenvalue weighted by atomic mass is 16.5. The van der Waals surface area contributed by atoms with Gasteiger partial charge in [0, 0.05) is 5.56 Å². The highest BCUT2D eigenvalue weighted by molar-refractivity contribution is 5.79. The predicted octanol–water partition coefficient (Wildman–Crippen LogP) is 1.84. The van der Waals surface area contributed by atoms with Gasteiger partial charge in [-0.15, -0.1) is 0 Å². The molecule has 0 saturated carbocycles. The van der Waals surface area contributed by atoms with Crippen molar-refractivity contribution in [3.63, 3.8) is 0 Å². The maximum absolute atomic E-state index is 11.8. The molecule has 0 saturated heterocycles. The highest BCUT2D eigenvalue weighted by Gasteiger charge is 2.20. The summed E-state index contributed by atoms with van der Waals surface area (Å²) in [5.74, 6) is -0.335. The summed E-state index contributed by atoms with van der Waals surface area (Å²) in [7, 11) is 0. The van der Waals surface area contributed by atoms with Crippen LogP contribution in [0, 0.1) is 0 Å². The zero-order chi connectivity index (χ0) is 13.0. The van der Waals surface area contributed by atoms with Crippen molar-refractivity contribution in [2.45, 2.75) is 19.4 Å². The number of carbonyl (C=O) groups is 1. The summed E-state index contributed by atoms with van der Waals surface area (Å²) in [6.07, 6.45) is 1.55. The molecule has 2 aromatic rings. The number of aromatic nitrogens is 2. The van der Waals surface area contributed by atoms with Gasteiger partial charge in [-0.2, -0.15) is 5.10 Å². The van der Waals surface area contributed by atoms with Crippen molar-refractivity contribution in [1.82, 2.24) is 10.2 Å². The molecule has 0 amide bonds. The Hall–Kier alpha value is -2.30. The van der Waals surface area contributed by atoms with Gasteiger partial charge in [-0.25, -0.2) is 0 Å². The lowest BCUT2D eigenvalue weighted by Gasteiger charge is -2.10. The first kappa shape index (κ1) is 12.2. The Morgan fingerprint density at radius 3 is 2.78 bits per heavy atom. The molecule has 0 aliphatic rings. The fourth-order valence-corrected chi connectivity index (χ4v) is 1.63. The normalized spacial score (nSPS) is 12.1. The molecule has 1 heterocycles. The standard InChI is InChI=1S/C13H15N3O2/c1-9(11-7-15-16-12(11)14)13(17)18-8-10-5-3-2-4-6-10/h2-7,9H,8H2,1H3,(H3,14,15,16)/t9-/m1/s1. The number of aromatic amines is 1. The molecule has 0 fully saturated rings. The van der Waals surface area contributed by atoms with Crippen LogP contribution in [0.3, 0.4) is 0 Å².